The molecule has 0 saturated carbocycles. The Morgan fingerprint density at radius 2 is 1.92 bits per heavy atom. The molecule has 7 nitrogen and oxygen atoms in total. The predicted molar refractivity (Wildman–Crippen MR) is 141 cm³/mol. The highest BCUT2D eigenvalue weighted by atomic mass is 16.5. The number of aryl methyl sites for hydroxylation is 1. The Hall–Kier alpha value is -2.90. The van der Waals surface area contributed by atoms with Gasteiger partial charge >= 0.3 is 0 Å². The topological polar surface area (TPSA) is 71.1 Å². The molecule has 4 atom stereocenters. The van der Waals surface area contributed by atoms with Gasteiger partial charge in [-0.15, -0.1) is 0 Å². The van der Waals surface area contributed by atoms with Crippen molar-refractivity contribution in [1.29, 1.82) is 0 Å². The van der Waals surface area contributed by atoms with Crippen molar-refractivity contribution in [2.75, 3.05) is 26.3 Å². The molecule has 2 aromatic carbocycles. The molecule has 196 valence electrons. The van der Waals surface area contributed by atoms with Crippen LogP contribution in [0.4, 0.5) is 0 Å². The number of carbonyl (C=O) groups is 2. The van der Waals surface area contributed by atoms with E-state index in [-0.39, 0.29) is 24.0 Å². The van der Waals surface area contributed by atoms with Crippen LogP contribution in [0.2, 0.25) is 0 Å². The van der Waals surface area contributed by atoms with Crippen molar-refractivity contribution in [2.45, 2.75) is 76.2 Å². The second kappa shape index (κ2) is 10.5. The van der Waals surface area contributed by atoms with Gasteiger partial charge in [0.2, 0.25) is 5.91 Å². The van der Waals surface area contributed by atoms with E-state index in [4.69, 9.17) is 9.47 Å². The van der Waals surface area contributed by atoms with Gasteiger partial charge in [-0.25, -0.2) is 0 Å². The zero-order valence-corrected chi connectivity index (χ0v) is 21.7. The van der Waals surface area contributed by atoms with Crippen LogP contribution in [0.1, 0.15) is 59.7 Å². The van der Waals surface area contributed by atoms with Gasteiger partial charge in [-0.05, 0) is 79.5 Å². The first kappa shape index (κ1) is 24.4. The van der Waals surface area contributed by atoms with Crippen LogP contribution in [-0.4, -0.2) is 72.1 Å². The fourth-order valence-electron chi connectivity index (χ4n) is 6.53. The number of likely N-dealkylation sites (tertiary alicyclic amines) is 2. The summed E-state index contributed by atoms with van der Waals surface area (Å²) in [6, 6.07) is 15.3. The molecule has 3 saturated heterocycles. The number of benzene rings is 2. The number of hydrogen-bond donors (Lipinski definition) is 1. The van der Waals surface area contributed by atoms with Gasteiger partial charge < -0.3 is 19.7 Å². The molecule has 0 unspecified atom stereocenters. The van der Waals surface area contributed by atoms with Gasteiger partial charge in [-0.1, -0.05) is 18.2 Å². The number of amides is 2. The Bertz CT molecular complexity index is 1140. The van der Waals surface area contributed by atoms with Crippen molar-refractivity contribution in [3.63, 3.8) is 0 Å². The molecule has 2 aromatic rings. The van der Waals surface area contributed by atoms with Crippen molar-refractivity contribution < 1.29 is 19.1 Å². The number of fused-ring (bicyclic) bond motifs is 3. The minimum atomic E-state index is -0.0283. The molecule has 2 bridgehead atoms. The number of hydrogen-bond acceptors (Lipinski definition) is 5. The molecule has 7 heteroatoms. The number of piperazine rings is 1. The average Bonchev–Trinajstić information content (AvgIpc) is 3.66. The van der Waals surface area contributed by atoms with Crippen molar-refractivity contribution in [2.24, 2.45) is 0 Å². The third kappa shape index (κ3) is 5.39. The summed E-state index contributed by atoms with van der Waals surface area (Å²) in [5, 5.41) is 3.24. The lowest BCUT2D eigenvalue weighted by atomic mass is 9.87. The van der Waals surface area contributed by atoms with Crippen LogP contribution in [0.25, 0.3) is 0 Å². The maximum Gasteiger partial charge on any atom is 0.251 e. The summed E-state index contributed by atoms with van der Waals surface area (Å²) in [4.78, 5) is 29.2. The Labute approximate surface area is 219 Å². The molecule has 0 radical (unpaired) electrons. The third-order valence-corrected chi connectivity index (χ3v) is 8.55. The van der Waals surface area contributed by atoms with Gasteiger partial charge in [0, 0.05) is 56.9 Å². The van der Waals surface area contributed by atoms with E-state index in [1.807, 2.05) is 29.2 Å². The lowest BCUT2D eigenvalue weighted by Crippen LogP contribution is -2.47. The van der Waals surface area contributed by atoms with Crippen LogP contribution < -0.4 is 10.1 Å². The van der Waals surface area contributed by atoms with Crippen molar-refractivity contribution in [3.8, 4) is 5.75 Å². The molecule has 3 fully saturated rings. The smallest absolute Gasteiger partial charge is 0.251 e. The van der Waals surface area contributed by atoms with Gasteiger partial charge in [-0.2, -0.15) is 0 Å². The summed E-state index contributed by atoms with van der Waals surface area (Å²) >= 11 is 0. The molecule has 0 spiro atoms. The van der Waals surface area contributed by atoms with Crippen LogP contribution in [0.3, 0.4) is 0 Å². The molecule has 6 rings (SSSR count). The fraction of sp³-hybridized carbons (Fsp3) is 0.533. The first-order valence-corrected chi connectivity index (χ1v) is 13.8. The van der Waals surface area contributed by atoms with Crippen molar-refractivity contribution in [3.05, 3.63) is 64.7 Å². The molecular weight excluding hydrogens is 466 g/mol. The van der Waals surface area contributed by atoms with E-state index in [1.165, 1.54) is 16.7 Å². The SMILES string of the molecule is CC(=O)N1C[C@@H]2C[C@H]1CN2Cc1ccc2c(c1)CC[C@H](NC(=O)c1ccc(OC[C@@H]3CCCO3)cc1)C2. The standard InChI is InChI=1S/C30H37N3O4/c1-20(34)33-18-26-15-27(33)17-32(26)16-21-4-5-24-14-25(9-6-23(24)13-21)31-30(35)22-7-10-28(11-8-22)37-19-29-3-2-12-36-29/h4-5,7-8,10-11,13,25-27,29H,2-3,6,9,12,14-19H2,1H3,(H,31,35)/t25-,26-,27-,29-/m0/s1. The highest BCUT2D eigenvalue weighted by Gasteiger charge is 2.44. The van der Waals surface area contributed by atoms with Crippen molar-refractivity contribution in [1.82, 2.24) is 15.1 Å². The van der Waals surface area contributed by atoms with Crippen LogP contribution in [0, 0.1) is 0 Å². The third-order valence-electron chi connectivity index (χ3n) is 8.55. The van der Waals surface area contributed by atoms with E-state index in [0.717, 1.165) is 70.5 Å². The summed E-state index contributed by atoms with van der Waals surface area (Å²) in [6.45, 7) is 5.88. The Balaban J connectivity index is 0.997. The number of carbonyl (C=O) groups excluding carboxylic acids is 2. The predicted octanol–water partition coefficient (Wildman–Crippen LogP) is 3.34. The molecule has 2 amide bonds. The van der Waals surface area contributed by atoms with Crippen LogP contribution >= 0.6 is 0 Å². The minimum Gasteiger partial charge on any atom is -0.491 e. The van der Waals surface area contributed by atoms with Gasteiger partial charge in [0.15, 0.2) is 0 Å². The summed E-state index contributed by atoms with van der Waals surface area (Å²) in [7, 11) is 0. The maximum absolute atomic E-state index is 12.9. The van der Waals surface area contributed by atoms with Crippen molar-refractivity contribution >= 4 is 11.8 Å². The maximum atomic E-state index is 12.9. The second-order valence-electron chi connectivity index (χ2n) is 11.1. The molecule has 4 aliphatic rings. The van der Waals surface area contributed by atoms with Gasteiger partial charge in [0.1, 0.15) is 12.4 Å². The molecule has 1 aliphatic carbocycles. The lowest BCUT2D eigenvalue weighted by molar-refractivity contribution is -0.131. The summed E-state index contributed by atoms with van der Waals surface area (Å²) < 4.78 is 11.4. The lowest BCUT2D eigenvalue weighted by Gasteiger charge is -2.34. The summed E-state index contributed by atoms with van der Waals surface area (Å²) in [5.74, 6) is 0.950. The summed E-state index contributed by atoms with van der Waals surface area (Å²) in [6.07, 6.45) is 6.24. The molecule has 0 aromatic heterocycles. The highest BCUT2D eigenvalue weighted by molar-refractivity contribution is 5.94. The Kier molecular flexibility index (Phi) is 6.91. The van der Waals surface area contributed by atoms with Crippen LogP contribution in [0.15, 0.2) is 42.5 Å². The Morgan fingerprint density at radius 1 is 1.05 bits per heavy atom. The zero-order chi connectivity index (χ0) is 25.4. The van der Waals surface area contributed by atoms with Gasteiger partial charge in [0.05, 0.1) is 6.10 Å². The average molecular weight is 504 g/mol. The first-order valence-electron chi connectivity index (χ1n) is 13.8. The van der Waals surface area contributed by atoms with Crippen LogP contribution in [-0.2, 0) is 28.9 Å². The molecular formula is C30H37N3O4. The normalized spacial score (nSPS) is 26.8. The first-order chi connectivity index (χ1) is 18.0. The second-order valence-corrected chi connectivity index (χ2v) is 11.1. The largest absolute Gasteiger partial charge is 0.491 e. The monoisotopic (exact) mass is 503 g/mol. The molecule has 3 aliphatic heterocycles. The van der Waals surface area contributed by atoms with E-state index < -0.39 is 0 Å². The molecule has 37 heavy (non-hydrogen) atoms. The number of nitrogens with one attached hydrogen (secondary N) is 1. The number of ether oxygens (including phenoxy) is 2. The highest BCUT2D eigenvalue weighted by Crippen LogP contribution is 2.32. The quantitative estimate of drug-likeness (QED) is 0.628. The van der Waals surface area contributed by atoms with E-state index in [1.54, 1.807) is 6.92 Å². The number of rotatable bonds is 7. The summed E-state index contributed by atoms with van der Waals surface area (Å²) in [5.41, 5.74) is 4.76. The minimum absolute atomic E-state index is 0.0283. The number of nitrogens with zero attached hydrogens (tertiary/aromatic N) is 2. The molecule has 1 N–H and O–H groups in total. The zero-order valence-electron chi connectivity index (χ0n) is 21.7. The van der Waals surface area contributed by atoms with E-state index in [2.05, 4.69) is 28.4 Å². The van der Waals surface area contributed by atoms with E-state index in [0.29, 0.717) is 24.3 Å². The van der Waals surface area contributed by atoms with Gasteiger partial charge in [-0.3, -0.25) is 14.5 Å². The Morgan fingerprint density at radius 3 is 2.65 bits per heavy atom. The van der Waals surface area contributed by atoms with Crippen LogP contribution in [0.5, 0.6) is 5.75 Å². The fourth-order valence-corrected chi connectivity index (χ4v) is 6.53. The van der Waals surface area contributed by atoms with E-state index in [9.17, 15) is 9.59 Å². The van der Waals surface area contributed by atoms with Gasteiger partial charge in [0.25, 0.3) is 5.91 Å². The molecule has 3 heterocycles. The van der Waals surface area contributed by atoms with E-state index >= 15 is 0 Å².